The minimum atomic E-state index is -2.98. The Bertz CT molecular complexity index is 443. The van der Waals surface area contributed by atoms with Crippen molar-refractivity contribution in [3.05, 3.63) is 23.8 Å². The summed E-state index contributed by atoms with van der Waals surface area (Å²) in [5, 5.41) is 2.22. The number of hydrogen-bond donors (Lipinski definition) is 1. The van der Waals surface area contributed by atoms with Crippen molar-refractivity contribution in [3.8, 4) is 0 Å². The van der Waals surface area contributed by atoms with E-state index in [1.54, 1.807) is 13.0 Å². The molecule has 5 heteroatoms. The van der Waals surface area contributed by atoms with Gasteiger partial charge >= 0.3 is 6.43 Å². The molecule has 0 atom stereocenters. The van der Waals surface area contributed by atoms with Crippen LogP contribution in [-0.2, 0) is 4.79 Å². The molecule has 0 unspecified atom stereocenters. The number of hydrogen-bond acceptors (Lipinski definition) is 2. The number of aryl methyl sites for hydroxylation is 1. The van der Waals surface area contributed by atoms with Crippen LogP contribution in [0.25, 0.3) is 0 Å². The van der Waals surface area contributed by atoms with Gasteiger partial charge in [0.2, 0.25) is 0 Å². The van der Waals surface area contributed by atoms with E-state index in [4.69, 9.17) is 0 Å². The number of rotatable bonds is 3. The van der Waals surface area contributed by atoms with Gasteiger partial charge in [0, 0.05) is 24.5 Å². The summed E-state index contributed by atoms with van der Waals surface area (Å²) < 4.78 is 24.3. The molecule has 0 radical (unpaired) electrons. The molecule has 1 heterocycles. The SMILES string of the molecule is Cc1cc(N2CCCC2)ccc1NC(=O)C(F)F. The van der Waals surface area contributed by atoms with Crippen molar-refractivity contribution in [2.24, 2.45) is 0 Å². The number of halogens is 2. The lowest BCUT2D eigenvalue weighted by Gasteiger charge is -2.19. The summed E-state index contributed by atoms with van der Waals surface area (Å²) in [5.41, 5.74) is 2.33. The highest BCUT2D eigenvalue weighted by molar-refractivity contribution is 5.94. The van der Waals surface area contributed by atoms with E-state index in [0.29, 0.717) is 5.69 Å². The second kappa shape index (κ2) is 5.33. The maximum atomic E-state index is 12.2. The van der Waals surface area contributed by atoms with Gasteiger partial charge in [0.15, 0.2) is 0 Å². The van der Waals surface area contributed by atoms with Gasteiger partial charge in [0.05, 0.1) is 0 Å². The van der Waals surface area contributed by atoms with Crippen molar-refractivity contribution in [2.45, 2.75) is 26.2 Å². The van der Waals surface area contributed by atoms with Gasteiger partial charge in [-0.05, 0) is 43.5 Å². The molecule has 1 saturated heterocycles. The minimum absolute atomic E-state index is 0.447. The third kappa shape index (κ3) is 2.78. The Kier molecular flexibility index (Phi) is 3.79. The van der Waals surface area contributed by atoms with Crippen molar-refractivity contribution in [2.75, 3.05) is 23.3 Å². The number of alkyl halides is 2. The number of carbonyl (C=O) groups is 1. The van der Waals surface area contributed by atoms with E-state index in [-0.39, 0.29) is 0 Å². The third-order valence-electron chi connectivity index (χ3n) is 3.14. The van der Waals surface area contributed by atoms with Crippen molar-refractivity contribution in [3.63, 3.8) is 0 Å². The average Bonchev–Trinajstić information content (AvgIpc) is 2.85. The largest absolute Gasteiger partial charge is 0.372 e. The van der Waals surface area contributed by atoms with Crippen LogP contribution in [0.5, 0.6) is 0 Å². The Morgan fingerprint density at radius 1 is 1.33 bits per heavy atom. The Hall–Kier alpha value is -1.65. The zero-order valence-corrected chi connectivity index (χ0v) is 10.2. The molecule has 98 valence electrons. The highest BCUT2D eigenvalue weighted by Gasteiger charge is 2.17. The average molecular weight is 254 g/mol. The van der Waals surface area contributed by atoms with E-state index < -0.39 is 12.3 Å². The molecule has 1 aliphatic heterocycles. The Morgan fingerprint density at radius 2 is 2.00 bits per heavy atom. The second-order valence-corrected chi connectivity index (χ2v) is 4.48. The number of benzene rings is 1. The van der Waals surface area contributed by atoms with Gasteiger partial charge in [0.25, 0.3) is 5.91 Å². The Labute approximate surface area is 105 Å². The summed E-state index contributed by atoms with van der Waals surface area (Å²) >= 11 is 0. The molecule has 0 aromatic heterocycles. The van der Waals surface area contributed by atoms with Crippen LogP contribution in [0.4, 0.5) is 20.2 Å². The van der Waals surface area contributed by atoms with Crippen LogP contribution in [0.1, 0.15) is 18.4 Å². The standard InChI is InChI=1S/C13H16F2N2O/c1-9-8-10(17-6-2-3-7-17)4-5-11(9)16-13(18)12(14)15/h4-5,8,12H,2-3,6-7H2,1H3,(H,16,18). The maximum absolute atomic E-state index is 12.2. The predicted molar refractivity (Wildman–Crippen MR) is 67.3 cm³/mol. The van der Waals surface area contributed by atoms with Gasteiger partial charge in [-0.25, -0.2) is 0 Å². The smallest absolute Gasteiger partial charge is 0.315 e. The van der Waals surface area contributed by atoms with Crippen molar-refractivity contribution < 1.29 is 13.6 Å². The van der Waals surface area contributed by atoms with Crippen LogP contribution < -0.4 is 10.2 Å². The first-order valence-electron chi connectivity index (χ1n) is 6.02. The van der Waals surface area contributed by atoms with Gasteiger partial charge in [0.1, 0.15) is 0 Å². The normalized spacial score (nSPS) is 15.2. The molecule has 2 rings (SSSR count). The Balaban J connectivity index is 2.12. The van der Waals surface area contributed by atoms with E-state index in [0.717, 1.165) is 24.3 Å². The van der Waals surface area contributed by atoms with Gasteiger partial charge in [-0.2, -0.15) is 8.78 Å². The number of nitrogens with zero attached hydrogens (tertiary/aromatic N) is 1. The molecular formula is C13H16F2N2O. The van der Waals surface area contributed by atoms with E-state index in [2.05, 4.69) is 10.2 Å². The quantitative estimate of drug-likeness (QED) is 0.899. The molecule has 1 aromatic rings. The van der Waals surface area contributed by atoms with E-state index in [9.17, 15) is 13.6 Å². The molecule has 18 heavy (non-hydrogen) atoms. The molecule has 0 spiro atoms. The van der Waals surface area contributed by atoms with E-state index in [1.807, 2.05) is 12.1 Å². The van der Waals surface area contributed by atoms with Crippen LogP contribution in [0.3, 0.4) is 0 Å². The van der Waals surface area contributed by atoms with E-state index in [1.165, 1.54) is 12.8 Å². The lowest BCUT2D eigenvalue weighted by atomic mass is 10.1. The zero-order chi connectivity index (χ0) is 13.1. The van der Waals surface area contributed by atoms with Crippen LogP contribution in [-0.4, -0.2) is 25.4 Å². The molecule has 0 aliphatic carbocycles. The van der Waals surface area contributed by atoms with Crippen LogP contribution in [0, 0.1) is 6.92 Å². The number of amides is 1. The molecule has 1 N–H and O–H groups in total. The Morgan fingerprint density at radius 3 is 2.56 bits per heavy atom. The number of nitrogens with one attached hydrogen (secondary N) is 1. The van der Waals surface area contributed by atoms with Crippen LogP contribution >= 0.6 is 0 Å². The lowest BCUT2D eigenvalue weighted by Crippen LogP contribution is -2.21. The first-order chi connectivity index (χ1) is 8.58. The first-order valence-corrected chi connectivity index (χ1v) is 6.02. The molecular weight excluding hydrogens is 238 g/mol. The van der Waals surface area contributed by atoms with Gasteiger partial charge in [-0.3, -0.25) is 4.79 Å². The maximum Gasteiger partial charge on any atom is 0.315 e. The highest BCUT2D eigenvalue weighted by atomic mass is 19.3. The predicted octanol–water partition coefficient (Wildman–Crippen LogP) is 2.80. The molecule has 1 fully saturated rings. The fourth-order valence-electron chi connectivity index (χ4n) is 2.15. The van der Waals surface area contributed by atoms with Gasteiger partial charge in [-0.1, -0.05) is 0 Å². The third-order valence-corrected chi connectivity index (χ3v) is 3.14. The lowest BCUT2D eigenvalue weighted by molar-refractivity contribution is -0.126. The van der Waals surface area contributed by atoms with Crippen molar-refractivity contribution in [1.29, 1.82) is 0 Å². The molecule has 1 aromatic carbocycles. The summed E-state index contributed by atoms with van der Waals surface area (Å²) in [5.74, 6) is -1.26. The molecule has 0 bridgehead atoms. The molecule has 1 aliphatic rings. The second-order valence-electron chi connectivity index (χ2n) is 4.48. The summed E-state index contributed by atoms with van der Waals surface area (Å²) in [7, 11) is 0. The van der Waals surface area contributed by atoms with Crippen molar-refractivity contribution >= 4 is 17.3 Å². The summed E-state index contributed by atoms with van der Waals surface area (Å²) in [6.07, 6.45) is -0.617. The fraction of sp³-hybridized carbons (Fsp3) is 0.462. The van der Waals surface area contributed by atoms with Gasteiger partial charge in [-0.15, -0.1) is 0 Å². The highest BCUT2D eigenvalue weighted by Crippen LogP contribution is 2.25. The fourth-order valence-corrected chi connectivity index (χ4v) is 2.15. The van der Waals surface area contributed by atoms with Gasteiger partial charge < -0.3 is 10.2 Å². The van der Waals surface area contributed by atoms with E-state index >= 15 is 0 Å². The summed E-state index contributed by atoms with van der Waals surface area (Å²) in [4.78, 5) is 13.2. The minimum Gasteiger partial charge on any atom is -0.372 e. The van der Waals surface area contributed by atoms with Crippen LogP contribution in [0.15, 0.2) is 18.2 Å². The topological polar surface area (TPSA) is 32.3 Å². The number of carbonyl (C=O) groups excluding carboxylic acids is 1. The summed E-state index contributed by atoms with van der Waals surface area (Å²) in [6, 6.07) is 5.47. The van der Waals surface area contributed by atoms with Crippen LogP contribution in [0.2, 0.25) is 0 Å². The molecule has 3 nitrogen and oxygen atoms in total. The van der Waals surface area contributed by atoms with Crippen molar-refractivity contribution in [1.82, 2.24) is 0 Å². The molecule has 0 saturated carbocycles. The first kappa shape index (κ1) is 12.8. The molecule has 1 amide bonds. The monoisotopic (exact) mass is 254 g/mol. The zero-order valence-electron chi connectivity index (χ0n) is 10.2. The number of anilines is 2. The summed E-state index contributed by atoms with van der Waals surface area (Å²) in [6.45, 7) is 3.87.